The minimum absolute atomic E-state index is 0. The molecule has 2 aliphatic heterocycles. The molecule has 2 N–H and O–H groups in total. The summed E-state index contributed by atoms with van der Waals surface area (Å²) >= 11 is 0. The number of carbonyl (C=O) groups is 1. The fraction of sp³-hybridized carbons (Fsp3) is 0.929. The molecule has 2 atom stereocenters. The highest BCUT2D eigenvalue weighted by molar-refractivity contribution is 5.85. The zero-order chi connectivity index (χ0) is 14.1. The number of nitrogens with zero attached hydrogens (tertiary/aromatic N) is 1. The van der Waals surface area contributed by atoms with Crippen LogP contribution in [0.1, 0.15) is 46.5 Å². The molecule has 5 nitrogen and oxygen atoms in total. The number of halogens is 1. The summed E-state index contributed by atoms with van der Waals surface area (Å²) in [6.07, 6.45) is 3.98. The summed E-state index contributed by atoms with van der Waals surface area (Å²) in [5.74, 6) is 0. The van der Waals surface area contributed by atoms with Gasteiger partial charge in [-0.25, -0.2) is 4.79 Å². The van der Waals surface area contributed by atoms with Crippen molar-refractivity contribution in [1.82, 2.24) is 4.90 Å². The highest BCUT2D eigenvalue weighted by Gasteiger charge is 2.44. The third kappa shape index (κ3) is 4.24. The van der Waals surface area contributed by atoms with Crippen molar-refractivity contribution in [1.29, 1.82) is 0 Å². The second-order valence-corrected chi connectivity index (χ2v) is 6.70. The van der Waals surface area contributed by atoms with E-state index in [0.29, 0.717) is 19.6 Å². The number of amides is 1. The van der Waals surface area contributed by atoms with Gasteiger partial charge in [0.15, 0.2) is 0 Å². The molecular formula is C14H27ClN2O3. The molecule has 2 saturated heterocycles. The fourth-order valence-electron chi connectivity index (χ4n) is 2.92. The van der Waals surface area contributed by atoms with Crippen molar-refractivity contribution < 1.29 is 14.3 Å². The van der Waals surface area contributed by atoms with Gasteiger partial charge < -0.3 is 20.1 Å². The van der Waals surface area contributed by atoms with Gasteiger partial charge >= 0.3 is 6.09 Å². The van der Waals surface area contributed by atoms with Crippen LogP contribution < -0.4 is 5.73 Å². The van der Waals surface area contributed by atoms with E-state index in [0.717, 1.165) is 25.7 Å². The van der Waals surface area contributed by atoms with Crippen LogP contribution in [0.25, 0.3) is 0 Å². The molecule has 0 aliphatic carbocycles. The van der Waals surface area contributed by atoms with Gasteiger partial charge in [-0.1, -0.05) is 0 Å². The van der Waals surface area contributed by atoms with Gasteiger partial charge in [0.1, 0.15) is 5.60 Å². The predicted molar refractivity (Wildman–Crippen MR) is 80.2 cm³/mol. The summed E-state index contributed by atoms with van der Waals surface area (Å²) in [7, 11) is 0. The quantitative estimate of drug-likeness (QED) is 0.807. The lowest BCUT2D eigenvalue weighted by Crippen LogP contribution is -2.46. The average Bonchev–Trinajstić information content (AvgIpc) is 2.71. The summed E-state index contributed by atoms with van der Waals surface area (Å²) in [6, 6.07) is 0. The van der Waals surface area contributed by atoms with Crippen molar-refractivity contribution >= 4 is 18.5 Å². The van der Waals surface area contributed by atoms with Crippen LogP contribution in [0.2, 0.25) is 0 Å². The molecule has 20 heavy (non-hydrogen) atoms. The maximum Gasteiger partial charge on any atom is 0.410 e. The second kappa shape index (κ2) is 6.50. The molecule has 2 rings (SSSR count). The molecule has 1 amide bonds. The Bertz CT molecular complexity index is 346. The van der Waals surface area contributed by atoms with Gasteiger partial charge in [-0.15, -0.1) is 12.4 Å². The zero-order valence-corrected chi connectivity index (χ0v) is 13.5. The molecule has 2 aliphatic rings. The molecule has 118 valence electrons. The Morgan fingerprint density at radius 2 is 2.15 bits per heavy atom. The van der Waals surface area contributed by atoms with Crippen molar-refractivity contribution in [3.8, 4) is 0 Å². The average molecular weight is 307 g/mol. The molecule has 2 heterocycles. The Hall–Kier alpha value is -0.520. The van der Waals surface area contributed by atoms with Crippen molar-refractivity contribution in [2.45, 2.75) is 63.8 Å². The van der Waals surface area contributed by atoms with E-state index in [-0.39, 0.29) is 30.2 Å². The summed E-state index contributed by atoms with van der Waals surface area (Å²) in [5.41, 5.74) is 5.08. The topological polar surface area (TPSA) is 64.8 Å². The zero-order valence-electron chi connectivity index (χ0n) is 12.7. The van der Waals surface area contributed by atoms with Crippen molar-refractivity contribution in [2.75, 3.05) is 19.6 Å². The summed E-state index contributed by atoms with van der Waals surface area (Å²) < 4.78 is 11.5. The maximum absolute atomic E-state index is 12.1. The standard InChI is InChI=1S/C14H26N2O3.ClH/c1-13(2,3)19-12(17)16-8-7-14(10-16)6-4-5-11(9-15)18-14;/h11H,4-10,15H2,1-3H3;1H. The molecule has 0 aromatic heterocycles. The molecule has 2 unspecified atom stereocenters. The number of carbonyl (C=O) groups excluding carboxylic acids is 1. The monoisotopic (exact) mass is 306 g/mol. The maximum atomic E-state index is 12.1. The van der Waals surface area contributed by atoms with E-state index in [1.165, 1.54) is 0 Å². The van der Waals surface area contributed by atoms with Crippen molar-refractivity contribution in [2.24, 2.45) is 5.73 Å². The molecule has 0 bridgehead atoms. The third-order valence-corrected chi connectivity index (χ3v) is 3.81. The number of rotatable bonds is 1. The molecule has 2 fully saturated rings. The Morgan fingerprint density at radius 1 is 1.45 bits per heavy atom. The van der Waals surface area contributed by atoms with Gasteiger partial charge in [-0.3, -0.25) is 0 Å². The lowest BCUT2D eigenvalue weighted by Gasteiger charge is -2.38. The smallest absolute Gasteiger partial charge is 0.410 e. The summed E-state index contributed by atoms with van der Waals surface area (Å²) in [4.78, 5) is 13.8. The first-order valence-electron chi connectivity index (χ1n) is 7.19. The van der Waals surface area contributed by atoms with Gasteiger partial charge in [-0.2, -0.15) is 0 Å². The van der Waals surface area contributed by atoms with Crippen LogP contribution in [-0.2, 0) is 9.47 Å². The van der Waals surface area contributed by atoms with Crippen LogP contribution in [0.3, 0.4) is 0 Å². The van der Waals surface area contributed by atoms with E-state index in [1.807, 2.05) is 20.8 Å². The Kier molecular flexibility index (Phi) is 5.70. The van der Waals surface area contributed by atoms with Gasteiger partial charge in [0.25, 0.3) is 0 Å². The van der Waals surface area contributed by atoms with Crippen LogP contribution in [0.15, 0.2) is 0 Å². The first-order chi connectivity index (χ1) is 8.84. The molecule has 0 aromatic rings. The number of ether oxygens (including phenoxy) is 2. The first kappa shape index (κ1) is 17.5. The molecule has 0 saturated carbocycles. The van der Waals surface area contributed by atoms with E-state index in [1.54, 1.807) is 4.90 Å². The number of likely N-dealkylation sites (tertiary alicyclic amines) is 1. The Balaban J connectivity index is 0.00000200. The Labute approximate surface area is 127 Å². The van der Waals surface area contributed by atoms with Gasteiger partial charge in [0, 0.05) is 13.1 Å². The molecule has 0 aromatic carbocycles. The molecule has 1 spiro atoms. The number of hydrogen-bond donors (Lipinski definition) is 1. The van der Waals surface area contributed by atoms with Crippen LogP contribution in [0.5, 0.6) is 0 Å². The minimum atomic E-state index is -0.444. The molecular weight excluding hydrogens is 280 g/mol. The number of nitrogens with two attached hydrogens (primary N) is 1. The van der Waals surface area contributed by atoms with Crippen LogP contribution in [0.4, 0.5) is 4.79 Å². The second-order valence-electron chi connectivity index (χ2n) is 6.70. The van der Waals surface area contributed by atoms with E-state index < -0.39 is 5.60 Å². The van der Waals surface area contributed by atoms with Gasteiger partial charge in [0.2, 0.25) is 0 Å². The highest BCUT2D eigenvalue weighted by atomic mass is 35.5. The van der Waals surface area contributed by atoms with Crippen LogP contribution >= 0.6 is 12.4 Å². The highest BCUT2D eigenvalue weighted by Crippen LogP contribution is 2.36. The van der Waals surface area contributed by atoms with E-state index in [2.05, 4.69) is 0 Å². The van der Waals surface area contributed by atoms with Gasteiger partial charge in [-0.05, 0) is 46.5 Å². The van der Waals surface area contributed by atoms with E-state index in [4.69, 9.17) is 15.2 Å². The van der Waals surface area contributed by atoms with Crippen molar-refractivity contribution in [3.63, 3.8) is 0 Å². The molecule has 0 radical (unpaired) electrons. The van der Waals surface area contributed by atoms with E-state index in [9.17, 15) is 4.79 Å². The lowest BCUT2D eigenvalue weighted by molar-refractivity contribution is -0.116. The minimum Gasteiger partial charge on any atom is -0.444 e. The normalized spacial score (nSPS) is 30.2. The predicted octanol–water partition coefficient (Wildman–Crippen LogP) is 2.32. The van der Waals surface area contributed by atoms with E-state index >= 15 is 0 Å². The van der Waals surface area contributed by atoms with Crippen LogP contribution in [-0.4, -0.2) is 47.9 Å². The first-order valence-corrected chi connectivity index (χ1v) is 7.19. The summed E-state index contributed by atoms with van der Waals surface area (Å²) in [5, 5.41) is 0. The third-order valence-electron chi connectivity index (χ3n) is 3.81. The van der Waals surface area contributed by atoms with Crippen LogP contribution in [0, 0.1) is 0 Å². The SMILES string of the molecule is CC(C)(C)OC(=O)N1CCC2(CCCC(CN)O2)C1.Cl. The van der Waals surface area contributed by atoms with Crippen molar-refractivity contribution in [3.05, 3.63) is 0 Å². The largest absolute Gasteiger partial charge is 0.444 e. The molecule has 6 heteroatoms. The fourth-order valence-corrected chi connectivity index (χ4v) is 2.92. The number of hydrogen-bond acceptors (Lipinski definition) is 4. The van der Waals surface area contributed by atoms with Gasteiger partial charge in [0.05, 0.1) is 18.2 Å². The summed E-state index contributed by atoms with van der Waals surface area (Å²) in [6.45, 7) is 7.58. The lowest BCUT2D eigenvalue weighted by atomic mass is 9.90. The Morgan fingerprint density at radius 3 is 2.75 bits per heavy atom.